The molecule has 0 unspecified atom stereocenters. The van der Waals surface area contributed by atoms with Crippen LogP contribution in [0.2, 0.25) is 0 Å². The summed E-state index contributed by atoms with van der Waals surface area (Å²) in [4.78, 5) is 7.40. The van der Waals surface area contributed by atoms with Crippen molar-refractivity contribution in [2.24, 2.45) is 4.99 Å². The molecule has 1 aromatic heterocycles. The van der Waals surface area contributed by atoms with Crippen molar-refractivity contribution < 1.29 is 9.84 Å². The van der Waals surface area contributed by atoms with Gasteiger partial charge in [0.1, 0.15) is 5.75 Å². The van der Waals surface area contributed by atoms with Gasteiger partial charge in [0.05, 0.1) is 12.7 Å². The lowest BCUT2D eigenvalue weighted by Crippen LogP contribution is -1.91. The Morgan fingerprint density at radius 1 is 1.22 bits per heavy atom. The number of rotatable bonds is 5. The number of aromatic nitrogens is 1. The van der Waals surface area contributed by atoms with Crippen LogP contribution in [0.1, 0.15) is 11.1 Å². The number of H-pyrrole nitrogens is 1. The molecule has 0 spiro atoms. The van der Waals surface area contributed by atoms with E-state index in [9.17, 15) is 5.11 Å². The number of aromatic hydroxyl groups is 1. The maximum absolute atomic E-state index is 10.0. The zero-order valence-electron chi connectivity index (χ0n) is 12.7. The van der Waals surface area contributed by atoms with Crippen molar-refractivity contribution in [3.05, 3.63) is 58.1 Å². The number of aliphatic imine (C=N–C) groups is 1. The van der Waals surface area contributed by atoms with E-state index in [0.717, 1.165) is 33.1 Å². The molecule has 0 amide bonds. The standard InChI is InChI=1S/C18H17BrN2O2/c1-23-14-5-2-12(3-6-14)8-9-20-11-16-15-10-13(19)4-7-17(15)21-18(16)22/h2-7,10-11,21-22H,8-9H2,1H3. The van der Waals surface area contributed by atoms with Gasteiger partial charge in [0.15, 0.2) is 5.88 Å². The third-order valence-corrected chi connectivity index (χ3v) is 4.18. The molecule has 3 rings (SSSR count). The minimum atomic E-state index is 0.145. The summed E-state index contributed by atoms with van der Waals surface area (Å²) in [5.74, 6) is 0.998. The van der Waals surface area contributed by atoms with Gasteiger partial charge in [0, 0.05) is 28.1 Å². The number of hydrogen-bond acceptors (Lipinski definition) is 3. The van der Waals surface area contributed by atoms with Gasteiger partial charge in [0.2, 0.25) is 0 Å². The van der Waals surface area contributed by atoms with Crippen LogP contribution in [0, 0.1) is 0 Å². The number of nitrogens with one attached hydrogen (secondary N) is 1. The maximum Gasteiger partial charge on any atom is 0.198 e. The van der Waals surface area contributed by atoms with E-state index in [1.807, 2.05) is 42.5 Å². The van der Waals surface area contributed by atoms with E-state index in [-0.39, 0.29) is 5.88 Å². The first kappa shape index (κ1) is 15.6. The fraction of sp³-hybridized carbons (Fsp3) is 0.167. The van der Waals surface area contributed by atoms with Crippen molar-refractivity contribution in [3.63, 3.8) is 0 Å². The molecule has 0 aliphatic carbocycles. The number of methoxy groups -OCH3 is 1. The number of hydrogen-bond donors (Lipinski definition) is 2. The Morgan fingerprint density at radius 2 is 2.00 bits per heavy atom. The van der Waals surface area contributed by atoms with Crippen LogP contribution in [0.15, 0.2) is 51.9 Å². The van der Waals surface area contributed by atoms with Crippen molar-refractivity contribution in [1.29, 1.82) is 0 Å². The van der Waals surface area contributed by atoms with Crippen LogP contribution in [0.4, 0.5) is 0 Å². The van der Waals surface area contributed by atoms with E-state index in [2.05, 4.69) is 25.9 Å². The predicted octanol–water partition coefficient (Wildman–Crippen LogP) is 4.31. The minimum absolute atomic E-state index is 0.145. The zero-order valence-corrected chi connectivity index (χ0v) is 14.3. The van der Waals surface area contributed by atoms with E-state index in [1.165, 1.54) is 5.56 Å². The van der Waals surface area contributed by atoms with Gasteiger partial charge in [-0.15, -0.1) is 0 Å². The number of aromatic amines is 1. The molecule has 3 aromatic rings. The molecule has 0 saturated carbocycles. The third kappa shape index (κ3) is 3.56. The molecule has 4 nitrogen and oxygen atoms in total. The Hall–Kier alpha value is -2.27. The van der Waals surface area contributed by atoms with Gasteiger partial charge < -0.3 is 14.8 Å². The van der Waals surface area contributed by atoms with E-state index >= 15 is 0 Å². The summed E-state index contributed by atoms with van der Waals surface area (Å²) in [5.41, 5.74) is 2.81. The molecule has 2 aromatic carbocycles. The van der Waals surface area contributed by atoms with Crippen LogP contribution in [0.3, 0.4) is 0 Å². The van der Waals surface area contributed by atoms with Crippen molar-refractivity contribution in [2.45, 2.75) is 6.42 Å². The van der Waals surface area contributed by atoms with E-state index in [1.54, 1.807) is 13.3 Å². The van der Waals surface area contributed by atoms with Gasteiger partial charge in [0.25, 0.3) is 0 Å². The smallest absolute Gasteiger partial charge is 0.198 e. The fourth-order valence-corrected chi connectivity index (χ4v) is 2.80. The molecule has 0 atom stereocenters. The monoisotopic (exact) mass is 372 g/mol. The molecule has 0 bridgehead atoms. The van der Waals surface area contributed by atoms with Crippen LogP contribution >= 0.6 is 15.9 Å². The van der Waals surface area contributed by atoms with Crippen LogP contribution in [0.5, 0.6) is 11.6 Å². The van der Waals surface area contributed by atoms with Crippen molar-refractivity contribution in [3.8, 4) is 11.6 Å². The minimum Gasteiger partial charge on any atom is -0.497 e. The quantitative estimate of drug-likeness (QED) is 0.655. The van der Waals surface area contributed by atoms with Crippen LogP contribution in [-0.4, -0.2) is 30.0 Å². The summed E-state index contributed by atoms with van der Waals surface area (Å²) in [6.45, 7) is 0.659. The Morgan fingerprint density at radius 3 is 2.74 bits per heavy atom. The summed E-state index contributed by atoms with van der Waals surface area (Å²) in [6.07, 6.45) is 2.57. The van der Waals surface area contributed by atoms with Gasteiger partial charge in [-0.25, -0.2) is 0 Å². The average molecular weight is 373 g/mol. The van der Waals surface area contributed by atoms with Crippen LogP contribution in [-0.2, 0) is 6.42 Å². The van der Waals surface area contributed by atoms with Gasteiger partial charge in [-0.3, -0.25) is 4.99 Å². The number of nitrogens with zero attached hydrogens (tertiary/aromatic N) is 1. The summed E-state index contributed by atoms with van der Waals surface area (Å²) < 4.78 is 6.11. The van der Waals surface area contributed by atoms with Crippen LogP contribution in [0.25, 0.3) is 10.9 Å². The van der Waals surface area contributed by atoms with Gasteiger partial charge >= 0.3 is 0 Å². The van der Waals surface area contributed by atoms with Gasteiger partial charge in [-0.05, 0) is 42.3 Å². The topological polar surface area (TPSA) is 57.6 Å². The highest BCUT2D eigenvalue weighted by atomic mass is 79.9. The lowest BCUT2D eigenvalue weighted by molar-refractivity contribution is 0.414. The van der Waals surface area contributed by atoms with Gasteiger partial charge in [-0.2, -0.15) is 0 Å². The summed E-state index contributed by atoms with van der Waals surface area (Å²) in [7, 11) is 1.66. The maximum atomic E-state index is 10.0. The second-order valence-electron chi connectivity index (χ2n) is 5.21. The Balaban J connectivity index is 1.70. The van der Waals surface area contributed by atoms with E-state index < -0.39 is 0 Å². The molecule has 0 aliphatic heterocycles. The number of halogens is 1. The first-order valence-electron chi connectivity index (χ1n) is 7.30. The molecular weight excluding hydrogens is 356 g/mol. The largest absolute Gasteiger partial charge is 0.497 e. The fourth-order valence-electron chi connectivity index (χ4n) is 2.44. The SMILES string of the molecule is COc1ccc(CCN=Cc2c(O)[nH]c3ccc(Br)cc23)cc1. The molecule has 0 aliphatic rings. The zero-order chi connectivity index (χ0) is 16.2. The molecule has 0 radical (unpaired) electrons. The second-order valence-corrected chi connectivity index (χ2v) is 6.13. The van der Waals surface area contributed by atoms with E-state index in [4.69, 9.17) is 4.74 Å². The van der Waals surface area contributed by atoms with E-state index in [0.29, 0.717) is 6.54 Å². The molecule has 0 saturated heterocycles. The normalized spacial score (nSPS) is 11.4. The summed E-state index contributed by atoms with van der Waals surface area (Å²) >= 11 is 3.45. The summed E-state index contributed by atoms with van der Waals surface area (Å²) in [5, 5.41) is 11.0. The first-order chi connectivity index (χ1) is 11.2. The Bertz CT molecular complexity index is 838. The summed E-state index contributed by atoms with van der Waals surface area (Å²) in [6, 6.07) is 13.8. The second kappa shape index (κ2) is 6.87. The first-order valence-corrected chi connectivity index (χ1v) is 8.09. The number of ether oxygens (including phenoxy) is 1. The third-order valence-electron chi connectivity index (χ3n) is 3.69. The lowest BCUT2D eigenvalue weighted by atomic mass is 10.1. The van der Waals surface area contributed by atoms with Gasteiger partial charge in [-0.1, -0.05) is 28.1 Å². The Labute approximate surface area is 143 Å². The average Bonchev–Trinajstić information content (AvgIpc) is 2.87. The van der Waals surface area contributed by atoms with Crippen LogP contribution < -0.4 is 4.74 Å². The predicted molar refractivity (Wildman–Crippen MR) is 96.8 cm³/mol. The molecule has 2 N–H and O–H groups in total. The number of benzene rings is 2. The Kier molecular flexibility index (Phi) is 4.67. The molecular formula is C18H17BrN2O2. The highest BCUT2D eigenvalue weighted by Gasteiger charge is 2.08. The molecule has 5 heteroatoms. The van der Waals surface area contributed by atoms with Crippen molar-refractivity contribution >= 4 is 33.0 Å². The molecule has 1 heterocycles. The molecule has 118 valence electrons. The highest BCUT2D eigenvalue weighted by molar-refractivity contribution is 9.10. The van der Waals surface area contributed by atoms with Crippen molar-refractivity contribution in [1.82, 2.24) is 4.98 Å². The number of fused-ring (bicyclic) bond motifs is 1. The highest BCUT2D eigenvalue weighted by Crippen LogP contribution is 2.28. The lowest BCUT2D eigenvalue weighted by Gasteiger charge is -2.01. The van der Waals surface area contributed by atoms with Crippen molar-refractivity contribution in [2.75, 3.05) is 13.7 Å². The molecule has 0 fully saturated rings. The molecule has 23 heavy (non-hydrogen) atoms.